The van der Waals surface area contributed by atoms with Crippen molar-refractivity contribution in [1.29, 1.82) is 0 Å². The predicted octanol–water partition coefficient (Wildman–Crippen LogP) is 4.79. The second-order valence-electron chi connectivity index (χ2n) is 8.83. The number of methoxy groups -OCH3 is 3. The summed E-state index contributed by atoms with van der Waals surface area (Å²) < 4.78 is 16.8. The molecule has 9 nitrogen and oxygen atoms in total. The molecule has 4 rings (SSSR count). The molecule has 0 fully saturated rings. The molecule has 0 amide bonds. The number of carbonyl (C=O) groups is 1. The van der Waals surface area contributed by atoms with Crippen LogP contribution in [0.2, 0.25) is 5.02 Å². The molecule has 10 heteroatoms. The number of hydrogen-bond acceptors (Lipinski definition) is 8. The van der Waals surface area contributed by atoms with Crippen molar-refractivity contribution in [3.8, 4) is 17.2 Å². The summed E-state index contributed by atoms with van der Waals surface area (Å²) in [4.78, 5) is 33.3. The molecule has 0 atom stereocenters. The number of nitrogens with zero attached hydrogens (tertiary/aromatic N) is 3. The molecule has 4 aromatic rings. The molecule has 3 aromatic carbocycles. The van der Waals surface area contributed by atoms with Crippen LogP contribution < -0.4 is 25.7 Å². The number of esters is 1. The number of nitrogen functional groups attached to an aromatic ring is 1. The Labute approximate surface area is 231 Å². The maximum absolute atomic E-state index is 13.8. The van der Waals surface area contributed by atoms with Gasteiger partial charge in [-0.2, -0.15) is 0 Å². The Balaban J connectivity index is 1.86. The summed E-state index contributed by atoms with van der Waals surface area (Å²) in [5.74, 6) is 0.800. The molecule has 0 bridgehead atoms. The molecule has 0 spiro atoms. The summed E-state index contributed by atoms with van der Waals surface area (Å²) in [5.41, 5.74) is 8.41. The molecule has 0 aliphatic heterocycles. The average Bonchev–Trinajstić information content (AvgIpc) is 2.93. The van der Waals surface area contributed by atoms with E-state index in [-0.39, 0.29) is 16.4 Å². The van der Waals surface area contributed by atoms with E-state index < -0.39 is 11.5 Å². The number of rotatable bonds is 9. The van der Waals surface area contributed by atoms with Gasteiger partial charge in [0.15, 0.2) is 11.4 Å². The van der Waals surface area contributed by atoms with Crippen molar-refractivity contribution in [3.63, 3.8) is 0 Å². The summed E-state index contributed by atoms with van der Waals surface area (Å²) in [6, 6.07) is 18.3. The number of ether oxygens (including phenoxy) is 3. The largest absolute Gasteiger partial charge is 0.497 e. The number of halogens is 1. The normalized spacial score (nSPS) is 10.7. The van der Waals surface area contributed by atoms with Gasteiger partial charge in [-0.1, -0.05) is 35.9 Å². The van der Waals surface area contributed by atoms with Gasteiger partial charge >= 0.3 is 5.97 Å². The molecule has 0 radical (unpaired) electrons. The van der Waals surface area contributed by atoms with Crippen LogP contribution in [-0.4, -0.2) is 36.8 Å². The van der Waals surface area contributed by atoms with Crippen LogP contribution in [0.1, 0.15) is 27.0 Å². The van der Waals surface area contributed by atoms with Crippen molar-refractivity contribution in [2.24, 2.45) is 0 Å². The van der Waals surface area contributed by atoms with Gasteiger partial charge in [-0.15, -0.1) is 0 Å². The summed E-state index contributed by atoms with van der Waals surface area (Å²) in [5, 5.41) is 0.258. The molecular formula is C29H29ClN4O5. The molecule has 1 aromatic heterocycles. The molecule has 0 aliphatic rings. The standard InChI is InChI=1S/C29H29ClN4O5/c1-18-13-21(31)14-24(30)26(18)34-17-32-27(25(28(34)35)29(36)39-4)33(15-19-5-9-22(37-2)10-6-19)16-20-7-11-23(38-3)12-8-20/h5-14,17H,15-16,31H2,1-4H3. The third kappa shape index (κ3) is 5.99. The monoisotopic (exact) mass is 548 g/mol. The molecule has 202 valence electrons. The van der Waals surface area contributed by atoms with E-state index in [1.54, 1.807) is 33.3 Å². The second-order valence-corrected chi connectivity index (χ2v) is 9.24. The van der Waals surface area contributed by atoms with E-state index in [0.29, 0.717) is 41.5 Å². The molecule has 39 heavy (non-hydrogen) atoms. The highest BCUT2D eigenvalue weighted by Gasteiger charge is 2.26. The van der Waals surface area contributed by atoms with Crippen molar-refractivity contribution >= 4 is 29.1 Å². The molecule has 0 unspecified atom stereocenters. The fraction of sp³-hybridized carbons (Fsp3) is 0.207. The lowest BCUT2D eigenvalue weighted by molar-refractivity contribution is 0.0598. The van der Waals surface area contributed by atoms with Gasteiger partial charge in [-0.25, -0.2) is 9.78 Å². The lowest BCUT2D eigenvalue weighted by atomic mass is 10.1. The van der Waals surface area contributed by atoms with Crippen LogP contribution in [0.4, 0.5) is 11.5 Å². The van der Waals surface area contributed by atoms with Gasteiger partial charge in [0.2, 0.25) is 0 Å². The van der Waals surface area contributed by atoms with Crippen LogP contribution in [-0.2, 0) is 17.8 Å². The van der Waals surface area contributed by atoms with Gasteiger partial charge in [0.1, 0.15) is 17.8 Å². The second kappa shape index (κ2) is 11.9. The third-order valence-corrected chi connectivity index (χ3v) is 6.51. The van der Waals surface area contributed by atoms with Gasteiger partial charge in [0.05, 0.1) is 32.0 Å². The summed E-state index contributed by atoms with van der Waals surface area (Å²) >= 11 is 6.46. The fourth-order valence-corrected chi connectivity index (χ4v) is 4.67. The van der Waals surface area contributed by atoms with Crippen molar-refractivity contribution in [2.45, 2.75) is 20.0 Å². The summed E-state index contributed by atoms with van der Waals surface area (Å²) in [7, 11) is 4.42. The van der Waals surface area contributed by atoms with E-state index in [0.717, 1.165) is 11.1 Å². The van der Waals surface area contributed by atoms with E-state index in [2.05, 4.69) is 4.98 Å². The topological polar surface area (TPSA) is 109 Å². The number of benzene rings is 3. The minimum Gasteiger partial charge on any atom is -0.497 e. The van der Waals surface area contributed by atoms with Crippen molar-refractivity contribution < 1.29 is 19.0 Å². The average molecular weight is 549 g/mol. The summed E-state index contributed by atoms with van der Waals surface area (Å²) in [6.45, 7) is 2.46. The van der Waals surface area contributed by atoms with Crippen LogP contribution in [0, 0.1) is 6.92 Å². The van der Waals surface area contributed by atoms with E-state index in [1.807, 2.05) is 53.4 Å². The number of aryl methyl sites for hydroxylation is 1. The van der Waals surface area contributed by atoms with E-state index in [9.17, 15) is 9.59 Å². The fourth-order valence-electron chi connectivity index (χ4n) is 4.30. The highest BCUT2D eigenvalue weighted by molar-refractivity contribution is 6.32. The maximum Gasteiger partial charge on any atom is 0.347 e. The Morgan fingerprint density at radius 1 is 0.949 bits per heavy atom. The Hall–Kier alpha value is -4.50. The Kier molecular flexibility index (Phi) is 8.41. The number of nitrogens with two attached hydrogens (primary N) is 1. The number of anilines is 2. The predicted molar refractivity (Wildman–Crippen MR) is 151 cm³/mol. The van der Waals surface area contributed by atoms with Gasteiger partial charge < -0.3 is 24.8 Å². The Morgan fingerprint density at radius 3 is 1.95 bits per heavy atom. The number of hydrogen-bond donors (Lipinski definition) is 1. The van der Waals surface area contributed by atoms with Crippen molar-refractivity contribution in [3.05, 3.63) is 105 Å². The van der Waals surface area contributed by atoms with Gasteiger partial charge in [-0.05, 0) is 60.0 Å². The van der Waals surface area contributed by atoms with Crippen LogP contribution in [0.3, 0.4) is 0 Å². The molecule has 1 heterocycles. The molecular weight excluding hydrogens is 520 g/mol. The lowest BCUT2D eigenvalue weighted by Crippen LogP contribution is -2.33. The quantitative estimate of drug-likeness (QED) is 0.235. The maximum atomic E-state index is 13.8. The van der Waals surface area contributed by atoms with Crippen molar-refractivity contribution in [2.75, 3.05) is 32.0 Å². The summed E-state index contributed by atoms with van der Waals surface area (Å²) in [6.07, 6.45) is 1.36. The van der Waals surface area contributed by atoms with E-state index in [1.165, 1.54) is 18.0 Å². The van der Waals surface area contributed by atoms with E-state index in [4.69, 9.17) is 31.5 Å². The third-order valence-electron chi connectivity index (χ3n) is 6.22. The molecule has 0 saturated carbocycles. The van der Waals surface area contributed by atoms with Gasteiger partial charge in [0.25, 0.3) is 5.56 Å². The first-order valence-electron chi connectivity index (χ1n) is 12.0. The molecule has 0 aliphatic carbocycles. The van der Waals surface area contributed by atoms with Crippen LogP contribution in [0.15, 0.2) is 71.8 Å². The zero-order valence-corrected chi connectivity index (χ0v) is 22.9. The SMILES string of the molecule is COC(=O)c1c(N(Cc2ccc(OC)cc2)Cc2ccc(OC)cc2)ncn(-c2c(C)cc(N)cc2Cl)c1=O. The highest BCUT2D eigenvalue weighted by atomic mass is 35.5. The minimum absolute atomic E-state index is 0.180. The number of aromatic nitrogens is 2. The Morgan fingerprint density at radius 2 is 1.49 bits per heavy atom. The number of carbonyl (C=O) groups excluding carboxylic acids is 1. The van der Waals surface area contributed by atoms with Gasteiger partial charge in [0, 0.05) is 18.8 Å². The zero-order valence-electron chi connectivity index (χ0n) is 22.1. The first-order chi connectivity index (χ1) is 18.7. The first-order valence-corrected chi connectivity index (χ1v) is 12.4. The lowest BCUT2D eigenvalue weighted by Gasteiger charge is -2.26. The van der Waals surface area contributed by atoms with Gasteiger partial charge in [-0.3, -0.25) is 9.36 Å². The highest BCUT2D eigenvalue weighted by Crippen LogP contribution is 2.28. The van der Waals surface area contributed by atoms with Crippen LogP contribution in [0.25, 0.3) is 5.69 Å². The van der Waals surface area contributed by atoms with Crippen LogP contribution in [0.5, 0.6) is 11.5 Å². The minimum atomic E-state index is -0.810. The smallest absolute Gasteiger partial charge is 0.347 e. The Bertz CT molecular complexity index is 1460. The molecule has 2 N–H and O–H groups in total. The van der Waals surface area contributed by atoms with E-state index >= 15 is 0 Å². The zero-order chi connectivity index (χ0) is 28.1. The molecule has 0 saturated heterocycles. The van der Waals surface area contributed by atoms with Crippen LogP contribution >= 0.6 is 11.6 Å². The first kappa shape index (κ1) is 27.5. The van der Waals surface area contributed by atoms with Crippen molar-refractivity contribution in [1.82, 2.24) is 9.55 Å².